The summed E-state index contributed by atoms with van der Waals surface area (Å²) in [4.78, 5) is 3.33. The van der Waals surface area contributed by atoms with Crippen LogP contribution < -0.4 is 0 Å². The molecule has 0 spiro atoms. The molecular formula is C12H14FN. The Labute approximate surface area is 82.9 Å². The van der Waals surface area contributed by atoms with Crippen LogP contribution in [0.4, 0.5) is 4.39 Å². The summed E-state index contributed by atoms with van der Waals surface area (Å²) in [7, 11) is 0. The van der Waals surface area contributed by atoms with E-state index in [2.05, 4.69) is 18.8 Å². The van der Waals surface area contributed by atoms with Crippen molar-refractivity contribution in [3.63, 3.8) is 0 Å². The first-order chi connectivity index (χ1) is 6.76. The molecule has 14 heavy (non-hydrogen) atoms. The summed E-state index contributed by atoms with van der Waals surface area (Å²) < 4.78 is 13.1. The minimum absolute atomic E-state index is 0.158. The SMILES string of the molecule is CCc1[nH]c2ccc(F)cc2c1CC. The number of fused-ring (bicyclic) bond motifs is 1. The zero-order valence-corrected chi connectivity index (χ0v) is 8.52. The van der Waals surface area contributed by atoms with E-state index in [1.54, 1.807) is 6.07 Å². The van der Waals surface area contributed by atoms with Crippen LogP contribution in [0.15, 0.2) is 18.2 Å². The minimum atomic E-state index is -0.158. The van der Waals surface area contributed by atoms with E-state index in [1.807, 2.05) is 6.07 Å². The van der Waals surface area contributed by atoms with Gasteiger partial charge in [-0.2, -0.15) is 0 Å². The van der Waals surface area contributed by atoms with Crippen LogP contribution in [0.1, 0.15) is 25.1 Å². The lowest BCUT2D eigenvalue weighted by atomic mass is 10.1. The van der Waals surface area contributed by atoms with Gasteiger partial charge in [-0.25, -0.2) is 4.39 Å². The van der Waals surface area contributed by atoms with Gasteiger partial charge < -0.3 is 4.98 Å². The fourth-order valence-corrected chi connectivity index (χ4v) is 1.98. The number of hydrogen-bond donors (Lipinski definition) is 1. The third-order valence-electron chi connectivity index (χ3n) is 2.66. The van der Waals surface area contributed by atoms with Crippen LogP contribution in [-0.4, -0.2) is 4.98 Å². The molecular weight excluding hydrogens is 177 g/mol. The van der Waals surface area contributed by atoms with Gasteiger partial charge in [-0.3, -0.25) is 0 Å². The van der Waals surface area contributed by atoms with Gasteiger partial charge in [0.1, 0.15) is 5.82 Å². The van der Waals surface area contributed by atoms with E-state index in [1.165, 1.54) is 17.3 Å². The van der Waals surface area contributed by atoms with E-state index in [0.29, 0.717) is 0 Å². The Bertz CT molecular complexity index is 457. The van der Waals surface area contributed by atoms with Gasteiger partial charge in [0, 0.05) is 16.6 Å². The molecule has 1 heterocycles. The maximum Gasteiger partial charge on any atom is 0.123 e. The second-order valence-corrected chi connectivity index (χ2v) is 3.48. The Morgan fingerprint density at radius 2 is 2.00 bits per heavy atom. The van der Waals surface area contributed by atoms with E-state index < -0.39 is 0 Å². The zero-order chi connectivity index (χ0) is 10.1. The number of hydrogen-bond acceptors (Lipinski definition) is 0. The first-order valence-corrected chi connectivity index (χ1v) is 5.05. The van der Waals surface area contributed by atoms with Crippen LogP contribution in [-0.2, 0) is 12.8 Å². The van der Waals surface area contributed by atoms with Crippen LogP contribution in [0.25, 0.3) is 10.9 Å². The lowest BCUT2D eigenvalue weighted by Gasteiger charge is -1.97. The summed E-state index contributed by atoms with van der Waals surface area (Å²) >= 11 is 0. The first-order valence-electron chi connectivity index (χ1n) is 5.05. The van der Waals surface area contributed by atoms with E-state index >= 15 is 0 Å². The molecule has 0 aliphatic heterocycles. The van der Waals surface area contributed by atoms with Gasteiger partial charge in [-0.1, -0.05) is 13.8 Å². The second-order valence-electron chi connectivity index (χ2n) is 3.48. The Hall–Kier alpha value is -1.31. The molecule has 0 radical (unpaired) electrons. The largest absolute Gasteiger partial charge is 0.358 e. The normalized spacial score (nSPS) is 11.1. The first kappa shape index (κ1) is 9.25. The molecule has 0 aliphatic carbocycles. The average molecular weight is 191 g/mol. The molecule has 1 nitrogen and oxygen atoms in total. The van der Waals surface area contributed by atoms with Crippen LogP contribution in [0.2, 0.25) is 0 Å². The Morgan fingerprint density at radius 1 is 1.21 bits per heavy atom. The third-order valence-corrected chi connectivity index (χ3v) is 2.66. The van der Waals surface area contributed by atoms with Crippen molar-refractivity contribution in [2.24, 2.45) is 0 Å². The van der Waals surface area contributed by atoms with Gasteiger partial charge in [0.15, 0.2) is 0 Å². The van der Waals surface area contributed by atoms with Crippen LogP contribution in [0, 0.1) is 5.82 Å². The molecule has 2 rings (SSSR count). The number of aryl methyl sites for hydroxylation is 2. The van der Waals surface area contributed by atoms with Gasteiger partial charge in [0.2, 0.25) is 0 Å². The van der Waals surface area contributed by atoms with Gasteiger partial charge >= 0.3 is 0 Å². The number of aromatic nitrogens is 1. The molecule has 0 amide bonds. The molecule has 0 saturated carbocycles. The Morgan fingerprint density at radius 3 is 2.64 bits per heavy atom. The van der Waals surface area contributed by atoms with Gasteiger partial charge in [-0.05, 0) is 36.6 Å². The summed E-state index contributed by atoms with van der Waals surface area (Å²) in [6, 6.07) is 4.92. The Balaban J connectivity index is 2.74. The lowest BCUT2D eigenvalue weighted by molar-refractivity contribution is 0.629. The van der Waals surface area contributed by atoms with Crippen molar-refractivity contribution in [1.82, 2.24) is 4.98 Å². The lowest BCUT2D eigenvalue weighted by Crippen LogP contribution is -1.86. The molecule has 0 atom stereocenters. The molecule has 74 valence electrons. The number of benzene rings is 1. The van der Waals surface area contributed by atoms with E-state index in [4.69, 9.17) is 0 Å². The maximum atomic E-state index is 13.1. The summed E-state index contributed by atoms with van der Waals surface area (Å²) in [6.45, 7) is 4.22. The van der Waals surface area contributed by atoms with E-state index in [-0.39, 0.29) is 5.82 Å². The van der Waals surface area contributed by atoms with E-state index in [9.17, 15) is 4.39 Å². The fraction of sp³-hybridized carbons (Fsp3) is 0.333. The van der Waals surface area contributed by atoms with Crippen molar-refractivity contribution in [3.05, 3.63) is 35.3 Å². The molecule has 1 aromatic carbocycles. The highest BCUT2D eigenvalue weighted by Gasteiger charge is 2.08. The molecule has 1 aromatic heterocycles. The molecule has 2 aromatic rings. The van der Waals surface area contributed by atoms with Crippen molar-refractivity contribution in [3.8, 4) is 0 Å². The summed E-state index contributed by atoms with van der Waals surface area (Å²) in [5.74, 6) is -0.158. The van der Waals surface area contributed by atoms with Crippen molar-refractivity contribution in [2.45, 2.75) is 26.7 Å². The van der Waals surface area contributed by atoms with Crippen molar-refractivity contribution in [2.75, 3.05) is 0 Å². The predicted molar refractivity (Wildman–Crippen MR) is 57.0 cm³/mol. The van der Waals surface area contributed by atoms with Crippen molar-refractivity contribution < 1.29 is 4.39 Å². The highest BCUT2D eigenvalue weighted by atomic mass is 19.1. The topological polar surface area (TPSA) is 15.8 Å². The third kappa shape index (κ3) is 1.31. The predicted octanol–water partition coefficient (Wildman–Crippen LogP) is 3.43. The highest BCUT2D eigenvalue weighted by molar-refractivity contribution is 5.84. The molecule has 0 fully saturated rings. The number of halogens is 1. The van der Waals surface area contributed by atoms with Crippen LogP contribution in [0.5, 0.6) is 0 Å². The molecule has 0 aliphatic rings. The standard InChI is InChI=1S/C12H14FN/c1-3-9-10-7-8(13)5-6-12(10)14-11(9)4-2/h5-7,14H,3-4H2,1-2H3. The summed E-state index contributed by atoms with van der Waals surface area (Å²) in [6.07, 6.45) is 1.92. The smallest absolute Gasteiger partial charge is 0.123 e. The molecule has 0 unspecified atom stereocenters. The van der Waals surface area contributed by atoms with Gasteiger partial charge in [0.05, 0.1) is 0 Å². The molecule has 1 N–H and O–H groups in total. The quantitative estimate of drug-likeness (QED) is 0.748. The van der Waals surface area contributed by atoms with Crippen molar-refractivity contribution >= 4 is 10.9 Å². The maximum absolute atomic E-state index is 13.1. The van der Waals surface area contributed by atoms with Gasteiger partial charge in [0.25, 0.3) is 0 Å². The highest BCUT2D eigenvalue weighted by Crippen LogP contribution is 2.24. The monoisotopic (exact) mass is 191 g/mol. The van der Waals surface area contributed by atoms with E-state index in [0.717, 1.165) is 23.7 Å². The van der Waals surface area contributed by atoms with Crippen molar-refractivity contribution in [1.29, 1.82) is 0 Å². The molecule has 0 bridgehead atoms. The number of aromatic amines is 1. The summed E-state index contributed by atoms with van der Waals surface area (Å²) in [5.41, 5.74) is 3.52. The number of H-pyrrole nitrogens is 1. The summed E-state index contributed by atoms with van der Waals surface area (Å²) in [5, 5.41) is 1.03. The molecule has 2 heteroatoms. The van der Waals surface area contributed by atoms with Crippen LogP contribution in [0.3, 0.4) is 0 Å². The second kappa shape index (κ2) is 3.45. The van der Waals surface area contributed by atoms with Crippen LogP contribution >= 0.6 is 0 Å². The average Bonchev–Trinajstić information content (AvgIpc) is 2.54. The fourth-order valence-electron chi connectivity index (χ4n) is 1.98. The number of nitrogens with one attached hydrogen (secondary N) is 1. The molecule has 0 saturated heterocycles. The minimum Gasteiger partial charge on any atom is -0.358 e. The zero-order valence-electron chi connectivity index (χ0n) is 8.52. The number of rotatable bonds is 2. The Kier molecular flexibility index (Phi) is 2.28. The van der Waals surface area contributed by atoms with Gasteiger partial charge in [-0.15, -0.1) is 0 Å².